The van der Waals surface area contributed by atoms with Gasteiger partial charge in [-0.25, -0.2) is 8.78 Å². The molecule has 0 fully saturated rings. The predicted molar refractivity (Wildman–Crippen MR) is 56.1 cm³/mol. The van der Waals surface area contributed by atoms with Crippen molar-refractivity contribution in [1.29, 1.82) is 0 Å². The van der Waals surface area contributed by atoms with Gasteiger partial charge in [0.1, 0.15) is 11.6 Å². The van der Waals surface area contributed by atoms with Crippen molar-refractivity contribution in [1.82, 2.24) is 0 Å². The number of furan rings is 1. The highest BCUT2D eigenvalue weighted by Crippen LogP contribution is 2.28. The van der Waals surface area contributed by atoms with Crippen molar-refractivity contribution >= 4 is 11.6 Å². The van der Waals surface area contributed by atoms with Gasteiger partial charge < -0.3 is 10.2 Å². The summed E-state index contributed by atoms with van der Waals surface area (Å²) in [7, 11) is 0. The molecule has 2 aromatic rings. The molecule has 0 radical (unpaired) electrons. The van der Waals surface area contributed by atoms with Gasteiger partial charge in [-0.3, -0.25) is 0 Å². The van der Waals surface area contributed by atoms with Gasteiger partial charge in [-0.05, 0) is 35.9 Å². The topological polar surface area (TPSA) is 39.2 Å². The molecule has 0 amide bonds. The van der Waals surface area contributed by atoms with Crippen molar-refractivity contribution in [2.75, 3.05) is 0 Å². The zero-order valence-corrected chi connectivity index (χ0v) is 8.84. The van der Waals surface area contributed by atoms with Crippen LogP contribution >= 0.6 is 11.6 Å². The monoisotopic (exact) mass is 243 g/mol. The number of benzene rings is 1. The van der Waals surface area contributed by atoms with E-state index in [1.54, 1.807) is 0 Å². The summed E-state index contributed by atoms with van der Waals surface area (Å²) < 4.78 is 31.2. The summed E-state index contributed by atoms with van der Waals surface area (Å²) in [6.07, 6.45) is 1.34. The first-order valence-corrected chi connectivity index (χ1v) is 4.91. The molecule has 1 aromatic heterocycles. The number of rotatable bonds is 2. The van der Waals surface area contributed by atoms with Gasteiger partial charge >= 0.3 is 0 Å². The maximum absolute atomic E-state index is 13.4. The van der Waals surface area contributed by atoms with Gasteiger partial charge in [0.2, 0.25) is 0 Å². The second kappa shape index (κ2) is 4.23. The highest BCUT2D eigenvalue weighted by molar-refractivity contribution is 6.29. The summed E-state index contributed by atoms with van der Waals surface area (Å²) >= 11 is 5.71. The Morgan fingerprint density at radius 1 is 1.19 bits per heavy atom. The molecule has 1 heterocycles. The maximum atomic E-state index is 13.4. The van der Waals surface area contributed by atoms with Crippen molar-refractivity contribution in [2.45, 2.75) is 6.04 Å². The largest absolute Gasteiger partial charge is 0.453 e. The molecule has 0 spiro atoms. The fourth-order valence-corrected chi connectivity index (χ4v) is 1.68. The van der Waals surface area contributed by atoms with E-state index in [0.29, 0.717) is 5.56 Å². The van der Waals surface area contributed by atoms with Crippen LogP contribution in [0.2, 0.25) is 5.22 Å². The third-order valence-corrected chi connectivity index (χ3v) is 2.58. The summed E-state index contributed by atoms with van der Waals surface area (Å²) in [6, 6.07) is 3.78. The Morgan fingerprint density at radius 3 is 2.56 bits per heavy atom. The molecular weight excluding hydrogens is 236 g/mol. The SMILES string of the molecule is NC(c1cc(F)ccc1F)c1ccoc1Cl. The van der Waals surface area contributed by atoms with Gasteiger partial charge in [-0.15, -0.1) is 0 Å². The van der Waals surface area contributed by atoms with Crippen LogP contribution in [0.15, 0.2) is 34.9 Å². The summed E-state index contributed by atoms with van der Waals surface area (Å²) in [6.45, 7) is 0. The van der Waals surface area contributed by atoms with Crippen molar-refractivity contribution < 1.29 is 13.2 Å². The molecule has 2 N–H and O–H groups in total. The molecule has 0 aliphatic rings. The van der Waals surface area contributed by atoms with Crippen LogP contribution in [-0.4, -0.2) is 0 Å². The van der Waals surface area contributed by atoms with Crippen LogP contribution in [0.3, 0.4) is 0 Å². The third kappa shape index (κ3) is 1.94. The van der Waals surface area contributed by atoms with Gasteiger partial charge in [0, 0.05) is 11.1 Å². The quantitative estimate of drug-likeness (QED) is 0.879. The lowest BCUT2D eigenvalue weighted by atomic mass is 10.0. The number of hydrogen-bond acceptors (Lipinski definition) is 2. The fraction of sp³-hybridized carbons (Fsp3) is 0.0909. The highest BCUT2D eigenvalue weighted by Gasteiger charge is 2.18. The van der Waals surface area contributed by atoms with E-state index in [9.17, 15) is 8.78 Å². The predicted octanol–water partition coefficient (Wildman–Crippen LogP) is 3.26. The number of hydrogen-bond donors (Lipinski definition) is 1. The van der Waals surface area contributed by atoms with Crippen LogP contribution in [0.1, 0.15) is 17.2 Å². The highest BCUT2D eigenvalue weighted by atomic mass is 35.5. The first-order valence-electron chi connectivity index (χ1n) is 4.53. The van der Waals surface area contributed by atoms with E-state index in [-0.39, 0.29) is 10.8 Å². The Labute approximate surface area is 95.6 Å². The number of nitrogens with two attached hydrogens (primary N) is 1. The molecule has 1 atom stereocenters. The zero-order chi connectivity index (χ0) is 11.7. The van der Waals surface area contributed by atoms with Crippen molar-refractivity contribution in [2.24, 2.45) is 5.73 Å². The van der Waals surface area contributed by atoms with Gasteiger partial charge in [0.25, 0.3) is 0 Å². The van der Waals surface area contributed by atoms with E-state index in [0.717, 1.165) is 18.2 Å². The molecule has 2 rings (SSSR count). The molecule has 1 aromatic carbocycles. The van der Waals surface area contributed by atoms with E-state index in [4.69, 9.17) is 21.8 Å². The first kappa shape index (κ1) is 11.1. The Kier molecular flexibility index (Phi) is 2.94. The molecule has 84 valence electrons. The fourth-order valence-electron chi connectivity index (χ4n) is 1.45. The first-order chi connectivity index (χ1) is 7.59. The van der Waals surface area contributed by atoms with Crippen LogP contribution < -0.4 is 5.73 Å². The Hall–Kier alpha value is -1.39. The average molecular weight is 244 g/mol. The third-order valence-electron chi connectivity index (χ3n) is 2.27. The molecule has 0 aliphatic heterocycles. The van der Waals surface area contributed by atoms with Gasteiger partial charge in [-0.1, -0.05) is 0 Å². The minimum Gasteiger partial charge on any atom is -0.453 e. The minimum absolute atomic E-state index is 0.0447. The van der Waals surface area contributed by atoms with E-state index in [1.807, 2.05) is 0 Å². The molecule has 16 heavy (non-hydrogen) atoms. The van der Waals surface area contributed by atoms with E-state index in [2.05, 4.69) is 0 Å². The van der Waals surface area contributed by atoms with Crippen LogP contribution in [-0.2, 0) is 0 Å². The standard InChI is InChI=1S/C11H8ClF2NO/c12-11-7(3-4-16-11)10(15)8-5-6(13)1-2-9(8)14/h1-5,10H,15H2. The van der Waals surface area contributed by atoms with Crippen molar-refractivity contribution in [3.05, 3.63) is 58.5 Å². The lowest BCUT2D eigenvalue weighted by Gasteiger charge is -2.11. The van der Waals surface area contributed by atoms with Gasteiger partial charge in [0.15, 0.2) is 5.22 Å². The normalized spacial score (nSPS) is 12.8. The van der Waals surface area contributed by atoms with Crippen LogP contribution in [0, 0.1) is 11.6 Å². The molecule has 2 nitrogen and oxygen atoms in total. The minimum atomic E-state index is -0.845. The Balaban J connectivity index is 2.45. The lowest BCUT2D eigenvalue weighted by Crippen LogP contribution is -2.13. The van der Waals surface area contributed by atoms with E-state index < -0.39 is 17.7 Å². The Morgan fingerprint density at radius 2 is 1.94 bits per heavy atom. The van der Waals surface area contributed by atoms with E-state index >= 15 is 0 Å². The number of halogens is 3. The average Bonchev–Trinajstić information content (AvgIpc) is 2.67. The molecule has 0 aliphatic carbocycles. The lowest BCUT2D eigenvalue weighted by molar-refractivity contribution is 0.558. The summed E-state index contributed by atoms with van der Waals surface area (Å²) in [5, 5.41) is 0.0798. The van der Waals surface area contributed by atoms with Gasteiger partial charge in [-0.2, -0.15) is 0 Å². The molecule has 1 unspecified atom stereocenters. The van der Waals surface area contributed by atoms with Crippen LogP contribution in [0.4, 0.5) is 8.78 Å². The van der Waals surface area contributed by atoms with Crippen molar-refractivity contribution in [3.8, 4) is 0 Å². The summed E-state index contributed by atoms with van der Waals surface area (Å²) in [5.74, 6) is -1.13. The maximum Gasteiger partial charge on any atom is 0.198 e. The summed E-state index contributed by atoms with van der Waals surface area (Å²) in [4.78, 5) is 0. The molecular formula is C11H8ClF2NO. The second-order valence-electron chi connectivity index (χ2n) is 3.29. The van der Waals surface area contributed by atoms with Crippen molar-refractivity contribution in [3.63, 3.8) is 0 Å². The summed E-state index contributed by atoms with van der Waals surface area (Å²) in [5.41, 5.74) is 6.25. The molecule has 5 heteroatoms. The molecule has 0 saturated carbocycles. The smallest absolute Gasteiger partial charge is 0.198 e. The zero-order valence-electron chi connectivity index (χ0n) is 8.08. The van der Waals surface area contributed by atoms with Crippen LogP contribution in [0.25, 0.3) is 0 Å². The molecule has 0 saturated heterocycles. The van der Waals surface area contributed by atoms with Crippen LogP contribution in [0.5, 0.6) is 0 Å². The van der Waals surface area contributed by atoms with E-state index in [1.165, 1.54) is 12.3 Å². The second-order valence-corrected chi connectivity index (χ2v) is 3.64. The molecule has 0 bridgehead atoms. The Bertz CT molecular complexity index is 512. The van der Waals surface area contributed by atoms with Gasteiger partial charge in [0.05, 0.1) is 12.3 Å².